The molecule has 2 aliphatic heterocycles. The van der Waals surface area contributed by atoms with Crippen LogP contribution in [0.2, 0.25) is 0 Å². The van der Waals surface area contributed by atoms with Gasteiger partial charge in [0.2, 0.25) is 6.29 Å². The molecule has 0 aromatic heterocycles. The quantitative estimate of drug-likeness (QED) is 0.513. The Labute approximate surface area is 172 Å². The lowest BCUT2D eigenvalue weighted by molar-refractivity contribution is -0.143. The summed E-state index contributed by atoms with van der Waals surface area (Å²) in [4.78, 5) is 37.5. The lowest BCUT2D eigenvalue weighted by Gasteiger charge is -2.12. The smallest absolute Gasteiger partial charge is 0.326 e. The maximum absolute atomic E-state index is 12.6. The normalized spacial score (nSPS) is 17.2. The molecule has 8 nitrogen and oxygen atoms in total. The Hall–Kier alpha value is -3.81. The molecule has 1 unspecified atom stereocenters. The van der Waals surface area contributed by atoms with E-state index in [2.05, 4.69) is 0 Å². The first-order chi connectivity index (χ1) is 14.5. The average Bonchev–Trinajstić information content (AvgIpc) is 3.27. The van der Waals surface area contributed by atoms with Crippen LogP contribution in [0.25, 0.3) is 0 Å². The molecule has 0 saturated carbocycles. The number of carbonyl (C=O) groups is 3. The molecule has 2 aromatic carbocycles. The lowest BCUT2D eigenvalue weighted by Crippen LogP contribution is -2.35. The molecule has 0 radical (unpaired) electrons. The van der Waals surface area contributed by atoms with Crippen molar-refractivity contribution in [2.75, 3.05) is 13.2 Å². The molecule has 4 rings (SSSR count). The zero-order valence-corrected chi connectivity index (χ0v) is 16.2. The molecule has 2 aromatic rings. The molecule has 0 bridgehead atoms. The molecule has 1 atom stereocenters. The first-order valence-corrected chi connectivity index (χ1v) is 9.45. The number of rotatable bonds is 7. The van der Waals surface area contributed by atoms with Gasteiger partial charge in [-0.05, 0) is 30.7 Å². The maximum Gasteiger partial charge on any atom is 0.326 e. The van der Waals surface area contributed by atoms with Gasteiger partial charge in [-0.25, -0.2) is 0 Å². The summed E-state index contributed by atoms with van der Waals surface area (Å²) in [6.07, 6.45) is 1.39. The van der Waals surface area contributed by atoms with Crippen molar-refractivity contribution >= 4 is 17.8 Å². The monoisotopic (exact) mass is 409 g/mol. The Bertz CT molecular complexity index is 1020. The van der Waals surface area contributed by atoms with E-state index in [9.17, 15) is 14.4 Å². The fourth-order valence-electron chi connectivity index (χ4n) is 3.19. The zero-order valence-electron chi connectivity index (χ0n) is 16.2. The summed E-state index contributed by atoms with van der Waals surface area (Å²) < 4.78 is 21.6. The molecule has 154 valence electrons. The topological polar surface area (TPSA) is 91.4 Å². The highest BCUT2D eigenvalue weighted by Gasteiger charge is 2.37. The van der Waals surface area contributed by atoms with Crippen LogP contribution in [-0.4, -0.2) is 42.1 Å². The first-order valence-electron chi connectivity index (χ1n) is 9.45. The van der Waals surface area contributed by atoms with Crippen LogP contribution < -0.4 is 4.74 Å². The number of benzene rings is 2. The minimum Gasteiger partial charge on any atom is -0.465 e. The van der Waals surface area contributed by atoms with Gasteiger partial charge in [0.15, 0.2) is 6.26 Å². The van der Waals surface area contributed by atoms with Crippen molar-refractivity contribution in [3.05, 3.63) is 77.4 Å². The summed E-state index contributed by atoms with van der Waals surface area (Å²) in [5.41, 5.74) is 1.42. The van der Waals surface area contributed by atoms with E-state index in [0.717, 1.165) is 10.5 Å². The Kier molecular flexibility index (Phi) is 5.38. The van der Waals surface area contributed by atoms with Crippen molar-refractivity contribution in [2.24, 2.45) is 0 Å². The van der Waals surface area contributed by atoms with E-state index in [-0.39, 0.29) is 23.7 Å². The molecule has 2 amide bonds. The second-order valence-corrected chi connectivity index (χ2v) is 6.62. The fraction of sp³-hybridized carbons (Fsp3) is 0.227. The van der Waals surface area contributed by atoms with E-state index in [1.165, 1.54) is 18.4 Å². The second-order valence-electron chi connectivity index (χ2n) is 6.62. The molecule has 0 N–H and O–H groups in total. The minimum absolute atomic E-state index is 0.149. The lowest BCUT2D eigenvalue weighted by atomic mass is 10.1. The molecule has 0 saturated heterocycles. The Morgan fingerprint density at radius 3 is 2.60 bits per heavy atom. The zero-order chi connectivity index (χ0) is 21.1. The summed E-state index contributed by atoms with van der Waals surface area (Å²) in [6, 6.07) is 14.2. The summed E-state index contributed by atoms with van der Waals surface area (Å²) in [6.45, 7) is 1.39. The largest absolute Gasteiger partial charge is 0.465 e. The average molecular weight is 409 g/mol. The van der Waals surface area contributed by atoms with Crippen LogP contribution >= 0.6 is 0 Å². The van der Waals surface area contributed by atoms with Crippen molar-refractivity contribution in [1.29, 1.82) is 0 Å². The number of esters is 1. The fourth-order valence-corrected chi connectivity index (χ4v) is 3.19. The second kappa shape index (κ2) is 8.28. The number of imide groups is 1. The van der Waals surface area contributed by atoms with Crippen LogP contribution in [0.3, 0.4) is 0 Å². The first kappa shape index (κ1) is 19.5. The van der Waals surface area contributed by atoms with Gasteiger partial charge in [0.05, 0.1) is 17.7 Å². The van der Waals surface area contributed by atoms with Gasteiger partial charge < -0.3 is 18.9 Å². The van der Waals surface area contributed by atoms with Gasteiger partial charge in [0.25, 0.3) is 11.8 Å². The van der Waals surface area contributed by atoms with E-state index in [0.29, 0.717) is 12.2 Å². The van der Waals surface area contributed by atoms with E-state index in [4.69, 9.17) is 18.9 Å². The van der Waals surface area contributed by atoms with Crippen LogP contribution in [0.4, 0.5) is 0 Å². The molecule has 30 heavy (non-hydrogen) atoms. The number of carbonyl (C=O) groups excluding carboxylic acids is 3. The number of hydrogen-bond donors (Lipinski definition) is 0. The number of ether oxygens (including phenoxy) is 4. The highest BCUT2D eigenvalue weighted by molar-refractivity contribution is 6.22. The van der Waals surface area contributed by atoms with Gasteiger partial charge in [0.1, 0.15) is 12.3 Å². The third-order valence-electron chi connectivity index (χ3n) is 4.56. The SMILES string of the molecule is CCOC(=O)CN1C(=O)c2ccc(OC3=COC(Cc4ccccc4)O3)cc2C1=O. The van der Waals surface area contributed by atoms with E-state index >= 15 is 0 Å². The highest BCUT2D eigenvalue weighted by Crippen LogP contribution is 2.29. The number of nitrogens with zero attached hydrogens (tertiary/aromatic N) is 1. The molecular weight excluding hydrogens is 390 g/mol. The van der Waals surface area contributed by atoms with E-state index in [1.807, 2.05) is 30.3 Å². The Morgan fingerprint density at radius 1 is 1.07 bits per heavy atom. The molecule has 0 spiro atoms. The van der Waals surface area contributed by atoms with Crippen molar-refractivity contribution in [1.82, 2.24) is 4.90 Å². The summed E-state index contributed by atoms with van der Waals surface area (Å²) in [7, 11) is 0. The Morgan fingerprint density at radius 2 is 1.83 bits per heavy atom. The van der Waals surface area contributed by atoms with Crippen LogP contribution in [0.5, 0.6) is 5.75 Å². The van der Waals surface area contributed by atoms with Crippen LogP contribution in [0.15, 0.2) is 60.7 Å². The van der Waals surface area contributed by atoms with Crippen molar-refractivity contribution in [3.8, 4) is 5.75 Å². The van der Waals surface area contributed by atoms with Crippen molar-refractivity contribution < 1.29 is 33.3 Å². The summed E-state index contributed by atoms with van der Waals surface area (Å²) >= 11 is 0. The molecule has 2 heterocycles. The van der Waals surface area contributed by atoms with Gasteiger partial charge in [-0.3, -0.25) is 19.3 Å². The number of fused-ring (bicyclic) bond motifs is 1. The standard InChI is InChI=1S/C22H19NO7/c1-2-27-18(24)12-23-21(25)16-9-8-15(11-17(16)22(23)26)29-20-13-28-19(30-20)10-14-6-4-3-5-7-14/h3-9,11,13,19H,2,10,12H2,1H3. The molecular formula is C22H19NO7. The van der Waals surface area contributed by atoms with Gasteiger partial charge in [0, 0.05) is 6.42 Å². The number of hydrogen-bond acceptors (Lipinski definition) is 7. The minimum atomic E-state index is -0.644. The third-order valence-corrected chi connectivity index (χ3v) is 4.56. The summed E-state index contributed by atoms with van der Waals surface area (Å²) in [5.74, 6) is -1.31. The maximum atomic E-state index is 12.6. The van der Waals surface area contributed by atoms with Gasteiger partial charge in [-0.1, -0.05) is 30.3 Å². The third kappa shape index (κ3) is 3.98. The van der Waals surface area contributed by atoms with E-state index in [1.54, 1.807) is 13.0 Å². The van der Waals surface area contributed by atoms with Gasteiger partial charge in [-0.2, -0.15) is 0 Å². The molecule has 0 fully saturated rings. The highest BCUT2D eigenvalue weighted by atomic mass is 16.8. The van der Waals surface area contributed by atoms with Gasteiger partial charge in [-0.15, -0.1) is 0 Å². The Balaban J connectivity index is 1.40. The molecule has 8 heteroatoms. The summed E-state index contributed by atoms with van der Waals surface area (Å²) in [5, 5.41) is 0. The molecule has 0 aliphatic carbocycles. The van der Waals surface area contributed by atoms with Crippen molar-refractivity contribution in [2.45, 2.75) is 19.6 Å². The van der Waals surface area contributed by atoms with Crippen LogP contribution in [0.1, 0.15) is 33.2 Å². The van der Waals surface area contributed by atoms with Gasteiger partial charge >= 0.3 is 11.9 Å². The predicted molar refractivity (Wildman–Crippen MR) is 103 cm³/mol. The van der Waals surface area contributed by atoms with Crippen LogP contribution in [-0.2, 0) is 25.4 Å². The van der Waals surface area contributed by atoms with E-state index < -0.39 is 30.6 Å². The van der Waals surface area contributed by atoms with Crippen molar-refractivity contribution in [3.63, 3.8) is 0 Å². The van der Waals surface area contributed by atoms with Crippen LogP contribution in [0, 0.1) is 0 Å². The number of amides is 2. The predicted octanol–water partition coefficient (Wildman–Crippen LogP) is 2.64. The molecule has 2 aliphatic rings.